The largest absolute Gasteiger partial charge is 0.492 e. The van der Waals surface area contributed by atoms with Crippen molar-refractivity contribution in [2.45, 2.75) is 20.3 Å². The summed E-state index contributed by atoms with van der Waals surface area (Å²) in [6.07, 6.45) is 0.776. The van der Waals surface area contributed by atoms with Gasteiger partial charge >= 0.3 is 5.97 Å². The Balaban J connectivity index is 3.02. The highest BCUT2D eigenvalue weighted by Gasteiger charge is 2.16. The van der Waals surface area contributed by atoms with Crippen LogP contribution in [0.15, 0.2) is 16.6 Å². The molecule has 4 nitrogen and oxygen atoms in total. The third-order valence-electron chi connectivity index (χ3n) is 2.06. The minimum Gasteiger partial charge on any atom is -0.492 e. The molecule has 94 valence electrons. The number of carbonyl (C=O) groups is 1. The van der Waals surface area contributed by atoms with Crippen molar-refractivity contribution >= 4 is 27.6 Å². The lowest BCUT2D eigenvalue weighted by molar-refractivity contribution is 0.0506. The number of nitrogens with two attached hydrogens (primary N) is 1. The van der Waals surface area contributed by atoms with Gasteiger partial charge in [-0.1, -0.05) is 22.9 Å². The van der Waals surface area contributed by atoms with Crippen LogP contribution in [-0.2, 0) is 4.74 Å². The fourth-order valence-corrected chi connectivity index (χ4v) is 1.75. The first-order chi connectivity index (χ1) is 8.10. The molecular weight excluding hydrogens is 286 g/mol. The van der Waals surface area contributed by atoms with Crippen LogP contribution in [0.3, 0.4) is 0 Å². The van der Waals surface area contributed by atoms with Crippen LogP contribution in [0, 0.1) is 0 Å². The number of rotatable bonds is 5. The maximum atomic E-state index is 11.8. The van der Waals surface area contributed by atoms with Crippen molar-refractivity contribution in [3.63, 3.8) is 0 Å². The molecule has 1 rings (SSSR count). The molecule has 0 fully saturated rings. The Bertz CT molecular complexity index is 407. The Labute approximate surface area is 109 Å². The van der Waals surface area contributed by atoms with Crippen LogP contribution in [0.25, 0.3) is 0 Å². The highest BCUT2D eigenvalue weighted by molar-refractivity contribution is 9.10. The van der Waals surface area contributed by atoms with Gasteiger partial charge in [0.15, 0.2) is 0 Å². The normalized spacial score (nSPS) is 10.1. The molecule has 17 heavy (non-hydrogen) atoms. The van der Waals surface area contributed by atoms with Crippen molar-refractivity contribution in [1.82, 2.24) is 0 Å². The van der Waals surface area contributed by atoms with E-state index in [1.165, 1.54) is 0 Å². The molecule has 1 aromatic rings. The van der Waals surface area contributed by atoms with Crippen molar-refractivity contribution in [3.8, 4) is 5.75 Å². The Hall–Kier alpha value is -1.23. The van der Waals surface area contributed by atoms with Gasteiger partial charge in [0.1, 0.15) is 5.75 Å². The van der Waals surface area contributed by atoms with E-state index in [4.69, 9.17) is 15.2 Å². The fourth-order valence-electron chi connectivity index (χ4n) is 1.31. The Morgan fingerprint density at radius 3 is 2.71 bits per heavy atom. The minimum absolute atomic E-state index is 0.316. The molecule has 0 aromatic heterocycles. The summed E-state index contributed by atoms with van der Waals surface area (Å²) in [5.41, 5.74) is 6.51. The third-order valence-corrected chi connectivity index (χ3v) is 2.52. The molecule has 0 amide bonds. The second-order valence-electron chi connectivity index (χ2n) is 3.43. The Morgan fingerprint density at radius 2 is 2.12 bits per heavy atom. The lowest BCUT2D eigenvalue weighted by Gasteiger charge is -2.11. The number of ether oxygens (including phenoxy) is 2. The number of hydrogen-bond donors (Lipinski definition) is 1. The summed E-state index contributed by atoms with van der Waals surface area (Å²) in [6, 6.07) is 3.37. The summed E-state index contributed by atoms with van der Waals surface area (Å²) in [4.78, 5) is 11.8. The Kier molecular flexibility index (Phi) is 5.28. The molecule has 2 N–H and O–H groups in total. The summed E-state index contributed by atoms with van der Waals surface area (Å²) in [7, 11) is 0. The first-order valence-electron chi connectivity index (χ1n) is 5.49. The van der Waals surface area contributed by atoms with E-state index < -0.39 is 5.97 Å². The summed E-state index contributed by atoms with van der Waals surface area (Å²) < 4.78 is 11.1. The molecule has 0 aliphatic carbocycles. The van der Waals surface area contributed by atoms with E-state index in [1.807, 2.05) is 13.8 Å². The third kappa shape index (κ3) is 3.63. The fraction of sp³-hybridized carbons (Fsp3) is 0.417. The van der Waals surface area contributed by atoms with Crippen molar-refractivity contribution in [3.05, 3.63) is 22.2 Å². The predicted molar refractivity (Wildman–Crippen MR) is 70.3 cm³/mol. The average Bonchev–Trinajstić information content (AvgIpc) is 2.30. The van der Waals surface area contributed by atoms with Gasteiger partial charge in [-0.3, -0.25) is 0 Å². The summed E-state index contributed by atoms with van der Waals surface area (Å²) in [6.45, 7) is 4.66. The van der Waals surface area contributed by atoms with Crippen molar-refractivity contribution < 1.29 is 14.3 Å². The molecule has 1 aromatic carbocycles. The van der Waals surface area contributed by atoms with Crippen LogP contribution in [-0.4, -0.2) is 19.2 Å². The lowest BCUT2D eigenvalue weighted by atomic mass is 10.1. The monoisotopic (exact) mass is 301 g/mol. The highest BCUT2D eigenvalue weighted by Crippen LogP contribution is 2.30. The number of halogens is 1. The summed E-state index contributed by atoms with van der Waals surface area (Å²) in [5, 5.41) is 0. The molecule has 0 atom stereocenters. The van der Waals surface area contributed by atoms with Crippen LogP contribution in [0.5, 0.6) is 5.75 Å². The van der Waals surface area contributed by atoms with Gasteiger partial charge in [0, 0.05) is 4.47 Å². The van der Waals surface area contributed by atoms with Crippen LogP contribution in [0.4, 0.5) is 5.69 Å². The summed E-state index contributed by atoms with van der Waals surface area (Å²) in [5.74, 6) is 0.0666. The zero-order valence-corrected chi connectivity index (χ0v) is 11.5. The van der Waals surface area contributed by atoms with Crippen LogP contribution >= 0.6 is 15.9 Å². The summed E-state index contributed by atoms with van der Waals surface area (Å²) >= 11 is 3.31. The number of hydrogen-bond acceptors (Lipinski definition) is 4. The first-order valence-corrected chi connectivity index (χ1v) is 6.28. The van der Waals surface area contributed by atoms with E-state index in [1.54, 1.807) is 12.1 Å². The van der Waals surface area contributed by atoms with E-state index in [2.05, 4.69) is 15.9 Å². The van der Waals surface area contributed by atoms with E-state index >= 15 is 0 Å². The van der Waals surface area contributed by atoms with E-state index in [9.17, 15) is 4.79 Å². The standard InChI is InChI=1S/C12H16BrNO3/c1-3-5-17-12(15)9-6-8(13)7-10(11(9)14)16-4-2/h6-7H,3-5,14H2,1-2H3. The van der Waals surface area contributed by atoms with Gasteiger partial charge in [0.05, 0.1) is 24.5 Å². The van der Waals surface area contributed by atoms with Crippen LogP contribution in [0.2, 0.25) is 0 Å². The smallest absolute Gasteiger partial charge is 0.340 e. The van der Waals surface area contributed by atoms with Crippen molar-refractivity contribution in [1.29, 1.82) is 0 Å². The predicted octanol–water partition coefficient (Wildman–Crippen LogP) is 3.00. The second kappa shape index (κ2) is 6.49. The van der Waals surface area contributed by atoms with Gasteiger partial charge in [0.2, 0.25) is 0 Å². The topological polar surface area (TPSA) is 61.5 Å². The number of anilines is 1. The molecule has 0 aliphatic rings. The van der Waals surface area contributed by atoms with Crippen LogP contribution < -0.4 is 10.5 Å². The van der Waals surface area contributed by atoms with Gasteiger partial charge in [-0.2, -0.15) is 0 Å². The zero-order chi connectivity index (χ0) is 12.8. The second-order valence-corrected chi connectivity index (χ2v) is 4.35. The lowest BCUT2D eigenvalue weighted by Crippen LogP contribution is -2.10. The molecule has 0 saturated carbocycles. The number of esters is 1. The first kappa shape index (κ1) is 13.8. The van der Waals surface area contributed by atoms with E-state index in [0.717, 1.165) is 10.9 Å². The van der Waals surface area contributed by atoms with Gasteiger partial charge in [-0.25, -0.2) is 4.79 Å². The molecule has 0 aliphatic heterocycles. The minimum atomic E-state index is -0.424. The van der Waals surface area contributed by atoms with Crippen molar-refractivity contribution in [2.24, 2.45) is 0 Å². The molecule has 0 heterocycles. The molecule has 0 spiro atoms. The van der Waals surface area contributed by atoms with Crippen LogP contribution in [0.1, 0.15) is 30.6 Å². The van der Waals surface area contributed by atoms with Gasteiger partial charge in [0.25, 0.3) is 0 Å². The number of nitrogen functional groups attached to an aromatic ring is 1. The molecule has 0 unspecified atom stereocenters. The average molecular weight is 302 g/mol. The Morgan fingerprint density at radius 1 is 1.41 bits per heavy atom. The number of benzene rings is 1. The number of carbonyl (C=O) groups excluding carboxylic acids is 1. The highest BCUT2D eigenvalue weighted by atomic mass is 79.9. The molecule has 0 saturated heterocycles. The van der Waals surface area contributed by atoms with E-state index in [0.29, 0.717) is 30.2 Å². The quantitative estimate of drug-likeness (QED) is 0.671. The van der Waals surface area contributed by atoms with Gasteiger partial charge < -0.3 is 15.2 Å². The maximum absolute atomic E-state index is 11.8. The SMILES string of the molecule is CCCOC(=O)c1cc(Br)cc(OCC)c1N. The van der Waals surface area contributed by atoms with Gasteiger partial charge in [-0.15, -0.1) is 0 Å². The van der Waals surface area contributed by atoms with E-state index in [-0.39, 0.29) is 0 Å². The zero-order valence-electron chi connectivity index (χ0n) is 9.96. The molecule has 0 bridgehead atoms. The maximum Gasteiger partial charge on any atom is 0.340 e. The molecular formula is C12H16BrNO3. The molecule has 0 radical (unpaired) electrons. The van der Waals surface area contributed by atoms with Gasteiger partial charge in [-0.05, 0) is 25.5 Å². The molecule has 5 heteroatoms. The van der Waals surface area contributed by atoms with Crippen molar-refractivity contribution in [2.75, 3.05) is 18.9 Å².